The molecule has 1 saturated carbocycles. The molecular weight excluding hydrogens is 338 g/mol. The summed E-state index contributed by atoms with van der Waals surface area (Å²) in [7, 11) is 0. The van der Waals surface area contributed by atoms with E-state index in [2.05, 4.69) is 20.5 Å². The van der Waals surface area contributed by atoms with Crippen LogP contribution in [0.1, 0.15) is 29.5 Å². The largest absolute Gasteiger partial charge is 0.357 e. The number of Topliss-reactive ketones (excluding diaryl/α,β-unsaturated/α-hetero) is 1. The summed E-state index contributed by atoms with van der Waals surface area (Å²) in [6, 6.07) is 2.58. The van der Waals surface area contributed by atoms with Gasteiger partial charge in [-0.3, -0.25) is 4.79 Å². The second-order valence-corrected chi connectivity index (χ2v) is 8.03. The highest BCUT2D eigenvalue weighted by molar-refractivity contribution is 8.01. The Kier molecular flexibility index (Phi) is 4.71. The molecule has 1 fully saturated rings. The van der Waals surface area contributed by atoms with Crippen LogP contribution in [0.5, 0.6) is 0 Å². The first-order chi connectivity index (χ1) is 10.7. The summed E-state index contributed by atoms with van der Waals surface area (Å²) in [5.74, 6) is -0.730. The van der Waals surface area contributed by atoms with Crippen LogP contribution in [0.15, 0.2) is 9.72 Å². The lowest BCUT2D eigenvalue weighted by Crippen LogP contribution is -2.13. The second-order valence-electron chi connectivity index (χ2n) is 4.94. The number of carbonyl (C=O) groups is 1. The van der Waals surface area contributed by atoms with Gasteiger partial charge in [0.2, 0.25) is 5.13 Å². The van der Waals surface area contributed by atoms with Gasteiger partial charge in [-0.25, -0.2) is 4.98 Å². The number of hydrogen-bond acceptors (Lipinski definition) is 9. The zero-order chi connectivity index (χ0) is 15.5. The summed E-state index contributed by atoms with van der Waals surface area (Å²) >= 11 is 4.12. The molecule has 1 aliphatic rings. The highest BCUT2D eigenvalue weighted by Gasteiger charge is 2.25. The maximum atomic E-state index is 12.2. The first kappa shape index (κ1) is 15.4. The van der Waals surface area contributed by atoms with E-state index in [-0.39, 0.29) is 11.5 Å². The predicted molar refractivity (Wildman–Crippen MR) is 87.5 cm³/mol. The van der Waals surface area contributed by atoms with Gasteiger partial charge in [-0.1, -0.05) is 23.1 Å². The topological polar surface area (TPSA) is 91.6 Å². The molecule has 0 aliphatic heterocycles. The number of rotatable bonds is 7. The molecule has 1 unspecified atom stereocenters. The van der Waals surface area contributed by atoms with Crippen LogP contribution in [0, 0.1) is 18.3 Å². The van der Waals surface area contributed by atoms with Crippen molar-refractivity contribution >= 4 is 45.4 Å². The predicted octanol–water partition coefficient (Wildman–Crippen LogP) is 2.85. The quantitative estimate of drug-likeness (QED) is 0.767. The standard InChI is InChI=1S/C13H13N5OS3/c1-7-5-20-11(15-7)9(4-14)10(19)6-21-13-18-17-12(22-13)16-8-2-3-8/h5,8-9H,2-3,6H2,1H3,(H,16,17). The molecule has 0 aromatic carbocycles. The number of nitrogens with zero attached hydrogens (tertiary/aromatic N) is 4. The summed E-state index contributed by atoms with van der Waals surface area (Å²) in [5.41, 5.74) is 0.834. The molecule has 1 atom stereocenters. The number of thiazole rings is 1. The number of nitrogens with one attached hydrogen (secondary N) is 1. The summed E-state index contributed by atoms with van der Waals surface area (Å²) in [6.07, 6.45) is 2.36. The van der Waals surface area contributed by atoms with Crippen LogP contribution in [0.25, 0.3) is 0 Å². The van der Waals surface area contributed by atoms with Gasteiger partial charge in [0.25, 0.3) is 0 Å². The Morgan fingerprint density at radius 1 is 1.59 bits per heavy atom. The summed E-state index contributed by atoms with van der Waals surface area (Å²) in [6.45, 7) is 1.85. The van der Waals surface area contributed by atoms with E-state index < -0.39 is 5.92 Å². The van der Waals surface area contributed by atoms with Gasteiger partial charge in [0, 0.05) is 17.1 Å². The molecule has 6 nitrogen and oxygen atoms in total. The minimum atomic E-state index is -0.789. The van der Waals surface area contributed by atoms with Crippen molar-refractivity contribution in [1.82, 2.24) is 15.2 Å². The van der Waals surface area contributed by atoms with E-state index in [0.717, 1.165) is 15.2 Å². The third-order valence-corrected chi connectivity index (χ3v) is 6.02. The van der Waals surface area contributed by atoms with E-state index in [1.165, 1.54) is 47.3 Å². The fraction of sp³-hybridized carbons (Fsp3) is 0.462. The van der Waals surface area contributed by atoms with Gasteiger partial charge in [0.1, 0.15) is 5.01 Å². The van der Waals surface area contributed by atoms with Crippen molar-refractivity contribution in [1.29, 1.82) is 5.26 Å². The van der Waals surface area contributed by atoms with E-state index in [4.69, 9.17) is 0 Å². The molecule has 2 aromatic heterocycles. The highest BCUT2D eigenvalue weighted by Crippen LogP contribution is 2.31. The van der Waals surface area contributed by atoms with Gasteiger partial charge in [0.15, 0.2) is 16.0 Å². The number of thioether (sulfide) groups is 1. The van der Waals surface area contributed by atoms with Crippen molar-refractivity contribution in [3.05, 3.63) is 16.1 Å². The van der Waals surface area contributed by atoms with Gasteiger partial charge in [-0.15, -0.1) is 21.5 Å². The minimum absolute atomic E-state index is 0.145. The average Bonchev–Trinajstić information content (AvgIpc) is 3.02. The molecule has 0 saturated heterocycles. The summed E-state index contributed by atoms with van der Waals surface area (Å²) in [5, 5.41) is 23.8. The van der Waals surface area contributed by atoms with Gasteiger partial charge in [0.05, 0.1) is 11.8 Å². The Hall–Kier alpha value is -1.50. The third-order valence-electron chi connectivity index (χ3n) is 2.98. The van der Waals surface area contributed by atoms with E-state index >= 15 is 0 Å². The Labute approximate surface area is 140 Å². The molecular formula is C13H13N5OS3. The van der Waals surface area contributed by atoms with Crippen molar-refractivity contribution in [2.75, 3.05) is 11.1 Å². The Morgan fingerprint density at radius 3 is 3.05 bits per heavy atom. The van der Waals surface area contributed by atoms with Crippen LogP contribution in [0.2, 0.25) is 0 Å². The molecule has 1 N–H and O–H groups in total. The Morgan fingerprint density at radius 2 is 2.41 bits per heavy atom. The molecule has 3 rings (SSSR count). The van der Waals surface area contributed by atoms with Gasteiger partial charge < -0.3 is 5.32 Å². The first-order valence-corrected chi connectivity index (χ1v) is 9.41. The molecule has 0 bridgehead atoms. The normalized spacial score (nSPS) is 15.3. The molecule has 1 aliphatic carbocycles. The zero-order valence-corrected chi connectivity index (χ0v) is 14.2. The maximum absolute atomic E-state index is 12.2. The summed E-state index contributed by atoms with van der Waals surface area (Å²) in [4.78, 5) is 16.4. The molecule has 0 amide bonds. The van der Waals surface area contributed by atoms with Crippen molar-refractivity contribution in [3.8, 4) is 6.07 Å². The summed E-state index contributed by atoms with van der Waals surface area (Å²) < 4.78 is 0.739. The lowest BCUT2D eigenvalue weighted by atomic mass is 10.1. The molecule has 9 heteroatoms. The fourth-order valence-corrected chi connectivity index (χ4v) is 4.31. The highest BCUT2D eigenvalue weighted by atomic mass is 32.2. The molecule has 2 aromatic rings. The number of aromatic nitrogens is 3. The van der Waals surface area contributed by atoms with E-state index in [1.54, 1.807) is 0 Å². The molecule has 0 radical (unpaired) electrons. The number of hydrogen-bond donors (Lipinski definition) is 1. The van der Waals surface area contributed by atoms with E-state index in [0.29, 0.717) is 11.0 Å². The number of aryl methyl sites for hydroxylation is 1. The van der Waals surface area contributed by atoms with Crippen molar-refractivity contribution in [2.24, 2.45) is 0 Å². The Balaban J connectivity index is 1.56. The van der Waals surface area contributed by atoms with E-state index in [1.807, 2.05) is 18.4 Å². The van der Waals surface area contributed by atoms with Gasteiger partial charge in [-0.05, 0) is 19.8 Å². The van der Waals surface area contributed by atoms with Crippen LogP contribution in [0.4, 0.5) is 5.13 Å². The van der Waals surface area contributed by atoms with Crippen LogP contribution in [0.3, 0.4) is 0 Å². The van der Waals surface area contributed by atoms with Crippen LogP contribution < -0.4 is 5.32 Å². The SMILES string of the molecule is Cc1csc(C(C#N)C(=O)CSc2nnc(NC3CC3)s2)n1. The number of ketones is 1. The molecule has 114 valence electrons. The second kappa shape index (κ2) is 6.73. The minimum Gasteiger partial charge on any atom is -0.357 e. The van der Waals surface area contributed by atoms with Crippen molar-refractivity contribution in [3.63, 3.8) is 0 Å². The fourth-order valence-electron chi connectivity index (χ4n) is 1.71. The van der Waals surface area contributed by atoms with E-state index in [9.17, 15) is 10.1 Å². The lowest BCUT2D eigenvalue weighted by Gasteiger charge is -2.03. The van der Waals surface area contributed by atoms with Crippen molar-refractivity contribution < 1.29 is 4.79 Å². The number of nitriles is 1. The van der Waals surface area contributed by atoms with Gasteiger partial charge >= 0.3 is 0 Å². The molecule has 2 heterocycles. The van der Waals surface area contributed by atoms with Crippen molar-refractivity contribution in [2.45, 2.75) is 36.1 Å². The monoisotopic (exact) mass is 351 g/mol. The maximum Gasteiger partial charge on any atom is 0.206 e. The average molecular weight is 351 g/mol. The number of anilines is 1. The third kappa shape index (κ3) is 3.82. The lowest BCUT2D eigenvalue weighted by molar-refractivity contribution is -0.116. The number of carbonyl (C=O) groups excluding carboxylic acids is 1. The smallest absolute Gasteiger partial charge is 0.206 e. The first-order valence-electron chi connectivity index (χ1n) is 6.73. The van der Waals surface area contributed by atoms with Crippen LogP contribution >= 0.6 is 34.4 Å². The molecule has 0 spiro atoms. The van der Waals surface area contributed by atoms with Gasteiger partial charge in [-0.2, -0.15) is 5.26 Å². The van der Waals surface area contributed by atoms with Crippen LogP contribution in [-0.4, -0.2) is 32.8 Å². The molecule has 22 heavy (non-hydrogen) atoms. The Bertz CT molecular complexity index is 715. The van der Waals surface area contributed by atoms with Crippen LogP contribution in [-0.2, 0) is 4.79 Å². The zero-order valence-electron chi connectivity index (χ0n) is 11.8.